The van der Waals surface area contributed by atoms with Crippen LogP contribution in [0.3, 0.4) is 0 Å². The summed E-state index contributed by atoms with van der Waals surface area (Å²) in [6.07, 6.45) is 63.1. The van der Waals surface area contributed by atoms with Gasteiger partial charge in [0.05, 0.1) is 25.4 Å². The number of carbonyl (C=O) groups is 2. The van der Waals surface area contributed by atoms with Crippen LogP contribution in [0, 0.1) is 0 Å². The summed E-state index contributed by atoms with van der Waals surface area (Å²) < 4.78 is 5.46. The quantitative estimate of drug-likeness (QED) is 0.0321. The second kappa shape index (κ2) is 53.0. The lowest BCUT2D eigenvalue weighted by molar-refractivity contribution is -0.143. The first kappa shape index (κ1) is 61.3. The third-order valence-corrected chi connectivity index (χ3v) is 13.0. The zero-order valence-corrected chi connectivity index (χ0v) is 42.3. The van der Waals surface area contributed by atoms with Gasteiger partial charge in [0.1, 0.15) is 0 Å². The first-order valence-corrected chi connectivity index (χ1v) is 28.1. The number of allylic oxidation sites excluding steroid dienone is 4. The Bertz CT molecular complexity index is 982. The molecule has 1 amide bonds. The summed E-state index contributed by atoms with van der Waals surface area (Å²) in [7, 11) is 0. The van der Waals surface area contributed by atoms with E-state index in [4.69, 9.17) is 4.74 Å². The molecule has 0 saturated carbocycles. The standard InChI is InChI=1S/C57H109NO5/c1-3-5-7-9-11-13-15-25-29-33-37-41-45-49-55(60)54(53-59)58-56(61)50-46-42-38-34-30-27-23-21-19-17-18-20-22-24-28-32-36-40-44-48-52-63-57(62)51-47-43-39-35-31-26-16-14-12-10-8-6-4-2/h8,10,14,16,54-55,59-60H,3-7,9,11-13,15,17-53H2,1-2H3,(H,58,61)/b10-8-,16-14-. The molecule has 0 aliphatic heterocycles. The van der Waals surface area contributed by atoms with Crippen LogP contribution in [0.4, 0.5) is 0 Å². The Labute approximate surface area is 392 Å². The van der Waals surface area contributed by atoms with Crippen LogP contribution in [0.15, 0.2) is 24.3 Å². The van der Waals surface area contributed by atoms with Crippen molar-refractivity contribution in [2.24, 2.45) is 0 Å². The fraction of sp³-hybridized carbons (Fsp3) is 0.895. The first-order chi connectivity index (χ1) is 31.0. The Morgan fingerprint density at radius 2 is 0.825 bits per heavy atom. The summed E-state index contributed by atoms with van der Waals surface area (Å²) in [5.41, 5.74) is 0. The number of hydrogen-bond donors (Lipinski definition) is 3. The third-order valence-electron chi connectivity index (χ3n) is 13.0. The lowest BCUT2D eigenvalue weighted by atomic mass is 10.0. The minimum absolute atomic E-state index is 0.00473. The fourth-order valence-corrected chi connectivity index (χ4v) is 8.68. The van der Waals surface area contributed by atoms with E-state index in [1.165, 1.54) is 218 Å². The molecular formula is C57H109NO5. The summed E-state index contributed by atoms with van der Waals surface area (Å²) >= 11 is 0. The predicted molar refractivity (Wildman–Crippen MR) is 273 cm³/mol. The molecule has 0 bridgehead atoms. The Kier molecular flexibility index (Phi) is 51.6. The molecule has 0 aliphatic carbocycles. The van der Waals surface area contributed by atoms with Crippen LogP contribution >= 0.6 is 0 Å². The normalized spacial score (nSPS) is 12.8. The van der Waals surface area contributed by atoms with E-state index >= 15 is 0 Å². The molecule has 0 saturated heterocycles. The molecular weight excluding hydrogens is 779 g/mol. The first-order valence-electron chi connectivity index (χ1n) is 28.1. The van der Waals surface area contributed by atoms with E-state index < -0.39 is 12.1 Å². The average molecular weight is 889 g/mol. The number of nitrogens with one attached hydrogen (secondary N) is 1. The van der Waals surface area contributed by atoms with Crippen LogP contribution in [0.25, 0.3) is 0 Å². The second-order valence-corrected chi connectivity index (χ2v) is 19.3. The van der Waals surface area contributed by atoms with Gasteiger partial charge in [-0.05, 0) is 51.4 Å². The molecule has 2 atom stereocenters. The van der Waals surface area contributed by atoms with Crippen molar-refractivity contribution < 1.29 is 24.5 Å². The third kappa shape index (κ3) is 49.6. The van der Waals surface area contributed by atoms with Gasteiger partial charge < -0.3 is 20.3 Å². The highest BCUT2D eigenvalue weighted by molar-refractivity contribution is 5.76. The van der Waals surface area contributed by atoms with Crippen molar-refractivity contribution >= 4 is 11.9 Å². The van der Waals surface area contributed by atoms with Crippen molar-refractivity contribution in [3.63, 3.8) is 0 Å². The van der Waals surface area contributed by atoms with Crippen molar-refractivity contribution in [3.8, 4) is 0 Å². The molecule has 2 unspecified atom stereocenters. The largest absolute Gasteiger partial charge is 0.466 e. The zero-order valence-electron chi connectivity index (χ0n) is 42.3. The number of carbonyl (C=O) groups excluding carboxylic acids is 2. The maximum atomic E-state index is 12.5. The van der Waals surface area contributed by atoms with E-state index in [1.54, 1.807) is 0 Å². The molecule has 0 aromatic rings. The van der Waals surface area contributed by atoms with Crippen LogP contribution < -0.4 is 5.32 Å². The van der Waals surface area contributed by atoms with E-state index in [1.807, 2.05) is 0 Å². The number of ether oxygens (including phenoxy) is 1. The summed E-state index contributed by atoms with van der Waals surface area (Å²) in [4.78, 5) is 24.5. The molecule has 0 heterocycles. The Morgan fingerprint density at radius 1 is 0.444 bits per heavy atom. The van der Waals surface area contributed by atoms with Gasteiger partial charge in [-0.3, -0.25) is 9.59 Å². The van der Waals surface area contributed by atoms with E-state index in [9.17, 15) is 19.8 Å². The number of aliphatic hydroxyl groups excluding tert-OH is 2. The highest BCUT2D eigenvalue weighted by atomic mass is 16.5. The van der Waals surface area contributed by atoms with Crippen LogP contribution in [0.5, 0.6) is 0 Å². The van der Waals surface area contributed by atoms with Gasteiger partial charge in [0.15, 0.2) is 0 Å². The molecule has 0 rings (SSSR count). The van der Waals surface area contributed by atoms with Gasteiger partial charge in [-0.2, -0.15) is 0 Å². The molecule has 6 nitrogen and oxygen atoms in total. The Hall–Kier alpha value is -1.66. The minimum atomic E-state index is -0.664. The van der Waals surface area contributed by atoms with Crippen molar-refractivity contribution in [3.05, 3.63) is 24.3 Å². The van der Waals surface area contributed by atoms with Crippen LogP contribution in [-0.2, 0) is 14.3 Å². The van der Waals surface area contributed by atoms with Crippen molar-refractivity contribution in [2.75, 3.05) is 13.2 Å². The lowest BCUT2D eigenvalue weighted by Crippen LogP contribution is -2.45. The monoisotopic (exact) mass is 888 g/mol. The van der Waals surface area contributed by atoms with Gasteiger partial charge >= 0.3 is 5.97 Å². The predicted octanol–water partition coefficient (Wildman–Crippen LogP) is 17.1. The summed E-state index contributed by atoms with van der Waals surface area (Å²) in [6.45, 7) is 4.88. The average Bonchev–Trinajstić information content (AvgIpc) is 3.28. The van der Waals surface area contributed by atoms with E-state index in [2.05, 4.69) is 43.5 Å². The summed E-state index contributed by atoms with van der Waals surface area (Å²) in [5.74, 6) is -0.0414. The Morgan fingerprint density at radius 3 is 1.27 bits per heavy atom. The van der Waals surface area contributed by atoms with E-state index in [0.29, 0.717) is 25.9 Å². The Balaban J connectivity index is 3.39. The molecule has 6 heteroatoms. The van der Waals surface area contributed by atoms with Crippen LogP contribution in [0.1, 0.15) is 303 Å². The number of unbranched alkanes of at least 4 members (excludes halogenated alkanes) is 37. The highest BCUT2D eigenvalue weighted by Gasteiger charge is 2.20. The van der Waals surface area contributed by atoms with Gasteiger partial charge in [-0.1, -0.05) is 263 Å². The van der Waals surface area contributed by atoms with Gasteiger partial charge in [-0.15, -0.1) is 0 Å². The van der Waals surface area contributed by atoms with Crippen molar-refractivity contribution in [1.82, 2.24) is 5.32 Å². The minimum Gasteiger partial charge on any atom is -0.466 e. The van der Waals surface area contributed by atoms with E-state index in [0.717, 1.165) is 51.4 Å². The molecule has 0 spiro atoms. The van der Waals surface area contributed by atoms with Gasteiger partial charge in [0, 0.05) is 12.8 Å². The van der Waals surface area contributed by atoms with Crippen molar-refractivity contribution in [2.45, 2.75) is 315 Å². The molecule has 0 aromatic carbocycles. The molecule has 0 fully saturated rings. The smallest absolute Gasteiger partial charge is 0.305 e. The zero-order chi connectivity index (χ0) is 45.8. The SMILES string of the molecule is CCC/C=C\C/C=C\CCCCCCCC(=O)OCCCCCCCCCCCCCCCCCCCCCCC(=O)NC(CO)C(O)CCCCCCCCCCCCCCC. The van der Waals surface area contributed by atoms with Gasteiger partial charge in [0.2, 0.25) is 5.91 Å². The van der Waals surface area contributed by atoms with Gasteiger partial charge in [0.25, 0.3) is 0 Å². The number of aliphatic hydroxyl groups is 2. The molecule has 0 aromatic heterocycles. The highest BCUT2D eigenvalue weighted by Crippen LogP contribution is 2.17. The number of rotatable bonds is 52. The maximum Gasteiger partial charge on any atom is 0.305 e. The molecule has 3 N–H and O–H groups in total. The second-order valence-electron chi connectivity index (χ2n) is 19.3. The van der Waals surface area contributed by atoms with Crippen molar-refractivity contribution in [1.29, 1.82) is 0 Å². The summed E-state index contributed by atoms with van der Waals surface area (Å²) in [5, 5.41) is 23.2. The number of amides is 1. The van der Waals surface area contributed by atoms with E-state index in [-0.39, 0.29) is 18.5 Å². The molecule has 0 radical (unpaired) electrons. The fourth-order valence-electron chi connectivity index (χ4n) is 8.68. The summed E-state index contributed by atoms with van der Waals surface area (Å²) in [6, 6.07) is -0.542. The number of esters is 1. The number of hydrogen-bond acceptors (Lipinski definition) is 5. The van der Waals surface area contributed by atoms with Gasteiger partial charge in [-0.25, -0.2) is 0 Å². The maximum absolute atomic E-state index is 12.5. The molecule has 63 heavy (non-hydrogen) atoms. The topological polar surface area (TPSA) is 95.9 Å². The van der Waals surface area contributed by atoms with Crippen LogP contribution in [-0.4, -0.2) is 47.4 Å². The molecule has 372 valence electrons. The lowest BCUT2D eigenvalue weighted by Gasteiger charge is -2.22. The molecule has 0 aliphatic rings. The van der Waals surface area contributed by atoms with Crippen LogP contribution in [0.2, 0.25) is 0 Å².